The van der Waals surface area contributed by atoms with E-state index in [0.29, 0.717) is 0 Å². The van der Waals surface area contributed by atoms with E-state index in [-0.39, 0.29) is 17.1 Å². The molecule has 0 saturated heterocycles. The van der Waals surface area contributed by atoms with Crippen molar-refractivity contribution in [3.63, 3.8) is 0 Å². The van der Waals surface area contributed by atoms with E-state index in [1.54, 1.807) is 0 Å². The first kappa shape index (κ1) is 11.1. The monoisotopic (exact) mass is 233 g/mol. The Balaban J connectivity index is 2.48. The topological polar surface area (TPSA) is 65.0 Å². The molecule has 86 valence electrons. The Bertz CT molecular complexity index is 560. The maximum Gasteiger partial charge on any atom is 0.243 e. The molecule has 2 aromatic rings. The Labute approximate surface area is 96.3 Å². The van der Waals surface area contributed by atoms with Gasteiger partial charge in [0.05, 0.1) is 18.9 Å². The number of ketones is 1. The second kappa shape index (κ2) is 4.65. The lowest BCUT2D eigenvalue weighted by molar-refractivity contribution is 0.102. The molecule has 0 aromatic carbocycles. The minimum absolute atomic E-state index is 0.0277. The molecule has 17 heavy (non-hydrogen) atoms. The summed E-state index contributed by atoms with van der Waals surface area (Å²) in [7, 11) is 1.36. The number of rotatable bonds is 3. The van der Waals surface area contributed by atoms with Gasteiger partial charge in [0, 0.05) is 18.6 Å². The van der Waals surface area contributed by atoms with Crippen LogP contribution in [0.15, 0.2) is 30.9 Å². The molecule has 2 rings (SSSR count). The Kier molecular flexibility index (Phi) is 3.04. The molecule has 0 radical (unpaired) electrons. The van der Waals surface area contributed by atoms with Crippen LogP contribution in [0.4, 0.5) is 4.39 Å². The van der Waals surface area contributed by atoms with Crippen LogP contribution in [0.1, 0.15) is 16.1 Å². The molecule has 0 aliphatic heterocycles. The summed E-state index contributed by atoms with van der Waals surface area (Å²) in [4.78, 5) is 23.2. The third kappa shape index (κ3) is 2.10. The van der Waals surface area contributed by atoms with Crippen LogP contribution in [0.3, 0.4) is 0 Å². The number of ether oxygens (including phenoxy) is 1. The van der Waals surface area contributed by atoms with Crippen LogP contribution in [0.25, 0.3) is 0 Å². The molecule has 0 N–H and O–H groups in total. The highest BCUT2D eigenvalue weighted by Crippen LogP contribution is 2.17. The zero-order valence-corrected chi connectivity index (χ0v) is 8.92. The standard InChI is InChI=1S/C11H8FN3O2/c1-17-11-9(14-4-5-15-11)10(16)7-2-3-13-6-8(7)12/h2-6H,1H3. The number of pyridine rings is 1. The van der Waals surface area contributed by atoms with Gasteiger partial charge in [0.25, 0.3) is 0 Å². The van der Waals surface area contributed by atoms with Crippen molar-refractivity contribution < 1.29 is 13.9 Å². The lowest BCUT2D eigenvalue weighted by Crippen LogP contribution is -2.09. The third-order valence-corrected chi connectivity index (χ3v) is 2.09. The van der Waals surface area contributed by atoms with Crippen molar-refractivity contribution >= 4 is 5.78 Å². The summed E-state index contributed by atoms with van der Waals surface area (Å²) in [5.74, 6) is -1.23. The van der Waals surface area contributed by atoms with Gasteiger partial charge in [-0.2, -0.15) is 0 Å². The van der Waals surface area contributed by atoms with E-state index in [4.69, 9.17) is 4.74 Å². The number of carbonyl (C=O) groups excluding carboxylic acids is 1. The molecule has 2 aromatic heterocycles. The van der Waals surface area contributed by atoms with Crippen molar-refractivity contribution in [1.82, 2.24) is 15.0 Å². The predicted molar refractivity (Wildman–Crippen MR) is 56.2 cm³/mol. The summed E-state index contributed by atoms with van der Waals surface area (Å²) >= 11 is 0. The van der Waals surface area contributed by atoms with E-state index in [2.05, 4.69) is 15.0 Å². The lowest BCUT2D eigenvalue weighted by atomic mass is 10.1. The normalized spacial score (nSPS) is 10.0. The van der Waals surface area contributed by atoms with E-state index in [9.17, 15) is 9.18 Å². The van der Waals surface area contributed by atoms with Gasteiger partial charge in [0.1, 0.15) is 0 Å². The van der Waals surface area contributed by atoms with Gasteiger partial charge in [-0.1, -0.05) is 0 Å². The quantitative estimate of drug-likeness (QED) is 0.746. The van der Waals surface area contributed by atoms with Crippen LogP contribution >= 0.6 is 0 Å². The van der Waals surface area contributed by atoms with E-state index >= 15 is 0 Å². The maximum absolute atomic E-state index is 13.4. The molecular weight excluding hydrogens is 225 g/mol. The Morgan fingerprint density at radius 2 is 2.06 bits per heavy atom. The summed E-state index contributed by atoms with van der Waals surface area (Å²) in [6, 6.07) is 1.28. The van der Waals surface area contributed by atoms with E-state index in [0.717, 1.165) is 6.20 Å². The fourth-order valence-electron chi connectivity index (χ4n) is 1.32. The van der Waals surface area contributed by atoms with Crippen LogP contribution < -0.4 is 4.74 Å². The molecule has 0 amide bonds. The van der Waals surface area contributed by atoms with Gasteiger partial charge in [-0.3, -0.25) is 9.78 Å². The van der Waals surface area contributed by atoms with Crippen LogP contribution in [-0.2, 0) is 0 Å². The molecule has 2 heterocycles. The highest BCUT2D eigenvalue weighted by Gasteiger charge is 2.19. The second-order valence-corrected chi connectivity index (χ2v) is 3.10. The molecule has 0 fully saturated rings. The first-order valence-electron chi connectivity index (χ1n) is 4.73. The minimum Gasteiger partial charge on any atom is -0.479 e. The SMILES string of the molecule is COc1nccnc1C(=O)c1ccncc1F. The first-order chi connectivity index (χ1) is 8.24. The summed E-state index contributed by atoms with van der Waals surface area (Å²) in [5, 5.41) is 0. The smallest absolute Gasteiger partial charge is 0.243 e. The number of methoxy groups -OCH3 is 1. The molecule has 0 bridgehead atoms. The molecule has 0 aliphatic rings. The van der Waals surface area contributed by atoms with Gasteiger partial charge in [-0.15, -0.1) is 0 Å². The van der Waals surface area contributed by atoms with Crippen molar-refractivity contribution in [2.24, 2.45) is 0 Å². The summed E-state index contributed by atoms with van der Waals surface area (Å²) in [5.41, 5.74) is -0.140. The highest BCUT2D eigenvalue weighted by molar-refractivity contribution is 6.09. The summed E-state index contributed by atoms with van der Waals surface area (Å²) < 4.78 is 18.3. The number of halogens is 1. The predicted octanol–water partition coefficient (Wildman–Crippen LogP) is 1.25. The van der Waals surface area contributed by atoms with Gasteiger partial charge in [-0.05, 0) is 6.07 Å². The number of hydrogen-bond acceptors (Lipinski definition) is 5. The number of aromatic nitrogens is 3. The lowest BCUT2D eigenvalue weighted by Gasteiger charge is -2.05. The van der Waals surface area contributed by atoms with Gasteiger partial charge in [-0.25, -0.2) is 14.4 Å². The molecular formula is C11H8FN3O2. The highest BCUT2D eigenvalue weighted by atomic mass is 19.1. The van der Waals surface area contributed by atoms with Gasteiger partial charge >= 0.3 is 0 Å². The van der Waals surface area contributed by atoms with Crippen molar-refractivity contribution in [2.45, 2.75) is 0 Å². The van der Waals surface area contributed by atoms with Crippen LogP contribution in [0.5, 0.6) is 5.88 Å². The largest absolute Gasteiger partial charge is 0.479 e. The molecule has 0 saturated carbocycles. The van der Waals surface area contributed by atoms with E-state index in [1.807, 2.05) is 0 Å². The molecule has 6 heteroatoms. The van der Waals surface area contributed by atoms with Crippen LogP contribution in [0, 0.1) is 5.82 Å². The number of hydrogen-bond donors (Lipinski definition) is 0. The van der Waals surface area contributed by atoms with Crippen molar-refractivity contribution in [3.05, 3.63) is 47.9 Å². The van der Waals surface area contributed by atoms with Gasteiger partial charge in [0.2, 0.25) is 11.7 Å². The molecule has 0 unspecified atom stereocenters. The van der Waals surface area contributed by atoms with Crippen molar-refractivity contribution in [1.29, 1.82) is 0 Å². The van der Waals surface area contributed by atoms with E-state index < -0.39 is 11.6 Å². The fourth-order valence-corrected chi connectivity index (χ4v) is 1.32. The second-order valence-electron chi connectivity index (χ2n) is 3.10. The number of carbonyl (C=O) groups is 1. The molecule has 0 spiro atoms. The molecule has 5 nitrogen and oxygen atoms in total. The fraction of sp³-hybridized carbons (Fsp3) is 0.0909. The van der Waals surface area contributed by atoms with E-state index in [1.165, 1.54) is 31.8 Å². The maximum atomic E-state index is 13.4. The van der Waals surface area contributed by atoms with Gasteiger partial charge in [0.15, 0.2) is 11.5 Å². The van der Waals surface area contributed by atoms with Gasteiger partial charge < -0.3 is 4.74 Å². The minimum atomic E-state index is -0.704. The zero-order chi connectivity index (χ0) is 12.3. The Morgan fingerprint density at radius 1 is 1.29 bits per heavy atom. The third-order valence-electron chi connectivity index (χ3n) is 2.09. The molecule has 0 aliphatic carbocycles. The average molecular weight is 233 g/mol. The Morgan fingerprint density at radius 3 is 2.76 bits per heavy atom. The zero-order valence-electron chi connectivity index (χ0n) is 8.92. The van der Waals surface area contributed by atoms with Crippen LogP contribution in [0.2, 0.25) is 0 Å². The van der Waals surface area contributed by atoms with Crippen molar-refractivity contribution in [3.8, 4) is 5.88 Å². The Hall–Kier alpha value is -2.37. The first-order valence-corrected chi connectivity index (χ1v) is 4.73. The van der Waals surface area contributed by atoms with Crippen molar-refractivity contribution in [2.75, 3.05) is 7.11 Å². The molecule has 0 atom stereocenters. The average Bonchev–Trinajstić information content (AvgIpc) is 2.38. The number of nitrogens with zero attached hydrogens (tertiary/aromatic N) is 3. The van der Waals surface area contributed by atoms with Crippen LogP contribution in [-0.4, -0.2) is 27.8 Å². The summed E-state index contributed by atoms with van der Waals surface area (Å²) in [6.45, 7) is 0. The summed E-state index contributed by atoms with van der Waals surface area (Å²) in [6.07, 6.45) is 5.03.